The van der Waals surface area contributed by atoms with Gasteiger partial charge in [-0.1, -0.05) is 18.2 Å². The van der Waals surface area contributed by atoms with Gasteiger partial charge >= 0.3 is 6.09 Å². The zero-order valence-electron chi connectivity index (χ0n) is 13.3. The molecule has 7 nitrogen and oxygen atoms in total. The number of anilines is 2. The molecule has 0 saturated heterocycles. The molecule has 0 radical (unpaired) electrons. The molecule has 23 heavy (non-hydrogen) atoms. The van der Waals surface area contributed by atoms with Crippen molar-refractivity contribution in [2.45, 2.75) is 26.4 Å². The third-order valence-corrected chi connectivity index (χ3v) is 2.56. The smallest absolute Gasteiger partial charge is 0.413 e. The van der Waals surface area contributed by atoms with Crippen molar-refractivity contribution < 1.29 is 9.53 Å². The predicted octanol–water partition coefficient (Wildman–Crippen LogP) is 4.43. The van der Waals surface area contributed by atoms with Crippen molar-refractivity contribution in [3.63, 3.8) is 0 Å². The largest absolute Gasteiger partial charge is 0.444 e. The van der Waals surface area contributed by atoms with Crippen LogP contribution in [0.1, 0.15) is 20.8 Å². The van der Waals surface area contributed by atoms with E-state index in [9.17, 15) is 4.79 Å². The van der Waals surface area contributed by atoms with Gasteiger partial charge in [-0.3, -0.25) is 5.32 Å². The van der Waals surface area contributed by atoms with E-state index in [1.165, 1.54) is 0 Å². The van der Waals surface area contributed by atoms with Crippen LogP contribution in [-0.4, -0.2) is 16.7 Å². The van der Waals surface area contributed by atoms with Gasteiger partial charge in [0.2, 0.25) is 0 Å². The first-order valence-corrected chi connectivity index (χ1v) is 7.07. The number of carbonyl (C=O) groups excluding carboxylic acids is 1. The number of nitrogens with two attached hydrogens (primary N) is 1. The van der Waals surface area contributed by atoms with Gasteiger partial charge in [-0.25, -0.2) is 9.78 Å². The van der Waals surface area contributed by atoms with E-state index in [1.54, 1.807) is 32.9 Å². The molecule has 0 bridgehead atoms. The maximum atomic E-state index is 11.7. The Bertz CT molecular complexity index is 708. The average Bonchev–Trinajstić information content (AvgIpc) is 2.45. The Labute approximate surface area is 134 Å². The van der Waals surface area contributed by atoms with Gasteiger partial charge in [0.25, 0.3) is 0 Å². The number of nitrogens with zero attached hydrogens (tertiary/aromatic N) is 3. The molecule has 7 heteroatoms. The van der Waals surface area contributed by atoms with Gasteiger partial charge in [-0.05, 0) is 45.0 Å². The number of azo groups is 1. The molecule has 0 aliphatic heterocycles. The summed E-state index contributed by atoms with van der Waals surface area (Å²) in [5.41, 5.74) is 6.38. The molecular formula is C16H19N5O2. The second-order valence-electron chi connectivity index (χ2n) is 5.76. The number of benzene rings is 1. The standard InChI is InChI=1S/C16H19N5O2/c1-16(2,3)23-15(22)19-13-10-9-12(14(17)18-13)21-20-11-7-5-4-6-8-11/h4-10H,1-3H3,(H3,17,18,19,22). The Morgan fingerprint density at radius 2 is 1.83 bits per heavy atom. The van der Waals surface area contributed by atoms with Crippen molar-refractivity contribution in [2.24, 2.45) is 10.2 Å². The van der Waals surface area contributed by atoms with E-state index in [2.05, 4.69) is 20.5 Å². The number of rotatable bonds is 3. The summed E-state index contributed by atoms with van der Waals surface area (Å²) in [4.78, 5) is 15.7. The van der Waals surface area contributed by atoms with Crippen molar-refractivity contribution in [1.29, 1.82) is 0 Å². The van der Waals surface area contributed by atoms with Gasteiger partial charge in [-0.2, -0.15) is 5.11 Å². The number of hydrogen-bond donors (Lipinski definition) is 2. The minimum Gasteiger partial charge on any atom is -0.444 e. The highest BCUT2D eigenvalue weighted by Crippen LogP contribution is 2.24. The first-order chi connectivity index (χ1) is 10.8. The van der Waals surface area contributed by atoms with Crippen molar-refractivity contribution in [1.82, 2.24) is 4.98 Å². The molecule has 3 N–H and O–H groups in total. The second-order valence-corrected chi connectivity index (χ2v) is 5.76. The van der Waals surface area contributed by atoms with Crippen LogP contribution in [0.3, 0.4) is 0 Å². The molecule has 0 saturated carbocycles. The van der Waals surface area contributed by atoms with Crippen LogP contribution in [0.25, 0.3) is 0 Å². The second kappa shape index (κ2) is 6.87. The Kier molecular flexibility index (Phi) is 4.90. The Morgan fingerprint density at radius 1 is 1.13 bits per heavy atom. The first kappa shape index (κ1) is 16.4. The van der Waals surface area contributed by atoms with Crippen LogP contribution in [0.4, 0.5) is 27.8 Å². The van der Waals surface area contributed by atoms with Crippen molar-refractivity contribution in [3.8, 4) is 0 Å². The molecule has 0 atom stereocenters. The topological polar surface area (TPSA) is 102 Å². The molecule has 1 aromatic heterocycles. The summed E-state index contributed by atoms with van der Waals surface area (Å²) in [6.45, 7) is 5.34. The number of nitrogens with one attached hydrogen (secondary N) is 1. The molecule has 2 aromatic rings. The average molecular weight is 313 g/mol. The van der Waals surface area contributed by atoms with E-state index in [4.69, 9.17) is 10.5 Å². The van der Waals surface area contributed by atoms with Crippen molar-refractivity contribution in [3.05, 3.63) is 42.5 Å². The fourth-order valence-electron chi connectivity index (χ4n) is 1.64. The van der Waals surface area contributed by atoms with Gasteiger partial charge < -0.3 is 10.5 Å². The molecule has 0 unspecified atom stereocenters. The highest BCUT2D eigenvalue weighted by molar-refractivity contribution is 5.84. The van der Waals surface area contributed by atoms with E-state index in [1.807, 2.05) is 30.3 Å². The lowest BCUT2D eigenvalue weighted by atomic mass is 10.2. The monoisotopic (exact) mass is 313 g/mol. The molecule has 120 valence electrons. The summed E-state index contributed by atoms with van der Waals surface area (Å²) in [5, 5.41) is 10.6. The summed E-state index contributed by atoms with van der Waals surface area (Å²) in [7, 11) is 0. The van der Waals surface area contributed by atoms with Crippen LogP contribution >= 0.6 is 0 Å². The van der Waals surface area contributed by atoms with E-state index in [0.29, 0.717) is 11.4 Å². The van der Waals surface area contributed by atoms with Crippen LogP contribution < -0.4 is 11.1 Å². The van der Waals surface area contributed by atoms with Crippen LogP contribution in [-0.2, 0) is 4.74 Å². The minimum absolute atomic E-state index is 0.165. The number of amides is 1. The Balaban J connectivity index is 2.06. The number of pyridine rings is 1. The molecule has 0 aliphatic carbocycles. The summed E-state index contributed by atoms with van der Waals surface area (Å²) in [6.07, 6.45) is -0.594. The number of hydrogen-bond acceptors (Lipinski definition) is 6. The third kappa shape index (κ3) is 5.39. The lowest BCUT2D eigenvalue weighted by Gasteiger charge is -2.19. The van der Waals surface area contributed by atoms with Crippen LogP contribution in [0.15, 0.2) is 52.7 Å². The molecule has 1 amide bonds. The van der Waals surface area contributed by atoms with Gasteiger partial charge in [-0.15, -0.1) is 5.11 Å². The first-order valence-electron chi connectivity index (χ1n) is 7.07. The van der Waals surface area contributed by atoms with Gasteiger partial charge in [0, 0.05) is 0 Å². The molecule has 1 aromatic carbocycles. The summed E-state index contributed by atoms with van der Waals surface area (Å²) >= 11 is 0. The lowest BCUT2D eigenvalue weighted by Crippen LogP contribution is -2.27. The third-order valence-electron chi connectivity index (χ3n) is 2.56. The van der Waals surface area contributed by atoms with Crippen molar-refractivity contribution >= 4 is 29.1 Å². The van der Waals surface area contributed by atoms with Crippen LogP contribution in [0.5, 0.6) is 0 Å². The molecule has 1 heterocycles. The van der Waals surface area contributed by atoms with Crippen LogP contribution in [0.2, 0.25) is 0 Å². The summed E-state index contributed by atoms with van der Waals surface area (Å²) < 4.78 is 5.14. The van der Waals surface area contributed by atoms with Gasteiger partial charge in [0.1, 0.15) is 17.1 Å². The normalized spacial score (nSPS) is 11.4. The summed E-state index contributed by atoms with van der Waals surface area (Å²) in [5.74, 6) is 0.452. The molecule has 0 spiro atoms. The van der Waals surface area contributed by atoms with E-state index < -0.39 is 11.7 Å². The van der Waals surface area contributed by atoms with E-state index >= 15 is 0 Å². The molecular weight excluding hydrogens is 294 g/mol. The Hall–Kier alpha value is -2.96. The van der Waals surface area contributed by atoms with E-state index in [0.717, 1.165) is 0 Å². The number of ether oxygens (including phenoxy) is 1. The number of aromatic nitrogens is 1. The number of carbonyl (C=O) groups is 1. The van der Waals surface area contributed by atoms with Crippen LogP contribution in [0, 0.1) is 0 Å². The fourth-order valence-corrected chi connectivity index (χ4v) is 1.64. The molecule has 2 rings (SSSR count). The number of nitrogen functional groups attached to an aromatic ring is 1. The highest BCUT2D eigenvalue weighted by Gasteiger charge is 2.16. The Morgan fingerprint density at radius 3 is 2.43 bits per heavy atom. The maximum Gasteiger partial charge on any atom is 0.413 e. The SMILES string of the molecule is CC(C)(C)OC(=O)Nc1ccc(N=Nc2ccccc2)c(N)n1. The zero-order chi connectivity index (χ0) is 16.9. The van der Waals surface area contributed by atoms with Crippen molar-refractivity contribution in [2.75, 3.05) is 11.1 Å². The summed E-state index contributed by atoms with van der Waals surface area (Å²) in [6, 6.07) is 12.5. The van der Waals surface area contributed by atoms with Gasteiger partial charge in [0.15, 0.2) is 5.82 Å². The quantitative estimate of drug-likeness (QED) is 0.818. The highest BCUT2D eigenvalue weighted by atomic mass is 16.6. The minimum atomic E-state index is -0.594. The van der Waals surface area contributed by atoms with Gasteiger partial charge in [0.05, 0.1) is 5.69 Å². The lowest BCUT2D eigenvalue weighted by molar-refractivity contribution is 0.0635. The zero-order valence-corrected chi connectivity index (χ0v) is 13.3. The fraction of sp³-hybridized carbons (Fsp3) is 0.250. The predicted molar refractivity (Wildman–Crippen MR) is 89.1 cm³/mol. The maximum absolute atomic E-state index is 11.7. The van der Waals surface area contributed by atoms with E-state index in [-0.39, 0.29) is 11.6 Å². The molecule has 0 aliphatic rings. The molecule has 0 fully saturated rings.